The number of nitrogens with two attached hydrogens (primary N) is 1. The molecule has 2 heterocycles. The summed E-state index contributed by atoms with van der Waals surface area (Å²) in [5, 5.41) is 8.13. The van der Waals surface area contributed by atoms with Gasteiger partial charge < -0.3 is 11.1 Å². The van der Waals surface area contributed by atoms with Gasteiger partial charge in [0.1, 0.15) is 0 Å². The van der Waals surface area contributed by atoms with Crippen molar-refractivity contribution in [3.63, 3.8) is 0 Å². The summed E-state index contributed by atoms with van der Waals surface area (Å²) < 4.78 is 1.87. The van der Waals surface area contributed by atoms with Gasteiger partial charge in [-0.2, -0.15) is 5.10 Å². The molecule has 6 nitrogen and oxygen atoms in total. The molecule has 3 N–H and O–H groups in total. The van der Waals surface area contributed by atoms with Gasteiger partial charge in [0.15, 0.2) is 5.65 Å². The van der Waals surface area contributed by atoms with E-state index in [9.17, 15) is 4.79 Å². The highest BCUT2D eigenvalue weighted by Crippen LogP contribution is 2.19. The predicted molar refractivity (Wildman–Crippen MR) is 83.3 cm³/mol. The van der Waals surface area contributed by atoms with Crippen LogP contribution in [-0.4, -0.2) is 33.8 Å². The lowest BCUT2D eigenvalue weighted by atomic mass is 10.1. The van der Waals surface area contributed by atoms with Crippen LogP contribution in [0.2, 0.25) is 0 Å². The third-order valence-electron chi connectivity index (χ3n) is 3.41. The summed E-state index contributed by atoms with van der Waals surface area (Å²) in [6, 6.07) is 2.10. The second-order valence-corrected chi connectivity index (χ2v) is 5.47. The second kappa shape index (κ2) is 6.67. The van der Waals surface area contributed by atoms with Crippen molar-refractivity contribution in [3.8, 4) is 0 Å². The fourth-order valence-corrected chi connectivity index (χ4v) is 2.24. The molecule has 0 bridgehead atoms. The summed E-state index contributed by atoms with van der Waals surface area (Å²) >= 11 is 0. The molecule has 0 aromatic carbocycles. The van der Waals surface area contributed by atoms with E-state index < -0.39 is 0 Å². The summed E-state index contributed by atoms with van der Waals surface area (Å²) in [5.74, 6) is -0.0868. The van der Waals surface area contributed by atoms with Crippen LogP contribution in [0.25, 0.3) is 11.0 Å². The molecule has 0 atom stereocenters. The van der Waals surface area contributed by atoms with Crippen molar-refractivity contribution in [2.24, 2.45) is 5.73 Å². The molecule has 0 unspecified atom stereocenters. The van der Waals surface area contributed by atoms with Gasteiger partial charge in [-0.25, -0.2) is 9.67 Å². The van der Waals surface area contributed by atoms with Crippen molar-refractivity contribution in [2.45, 2.75) is 39.7 Å². The van der Waals surface area contributed by atoms with E-state index in [1.807, 2.05) is 17.7 Å². The maximum absolute atomic E-state index is 12.2. The smallest absolute Gasteiger partial charge is 0.253 e. The van der Waals surface area contributed by atoms with Gasteiger partial charge in [-0.1, -0.05) is 0 Å². The minimum Gasteiger partial charge on any atom is -0.352 e. The van der Waals surface area contributed by atoms with Gasteiger partial charge in [0.05, 0.1) is 17.5 Å². The topological polar surface area (TPSA) is 85.8 Å². The van der Waals surface area contributed by atoms with E-state index in [4.69, 9.17) is 5.73 Å². The number of aryl methyl sites for hydroxylation is 1. The van der Waals surface area contributed by atoms with Crippen molar-refractivity contribution in [1.82, 2.24) is 20.1 Å². The van der Waals surface area contributed by atoms with Crippen molar-refractivity contribution in [1.29, 1.82) is 0 Å². The van der Waals surface area contributed by atoms with E-state index in [-0.39, 0.29) is 11.9 Å². The summed E-state index contributed by atoms with van der Waals surface area (Å²) in [6.07, 6.45) is 3.56. The number of pyridine rings is 1. The quantitative estimate of drug-likeness (QED) is 0.794. The zero-order valence-corrected chi connectivity index (χ0v) is 12.9. The second-order valence-electron chi connectivity index (χ2n) is 5.47. The highest BCUT2D eigenvalue weighted by Gasteiger charge is 2.14. The summed E-state index contributed by atoms with van der Waals surface area (Å²) in [6.45, 7) is 7.25. The molecule has 0 spiro atoms. The Kier molecular flexibility index (Phi) is 4.90. The Balaban J connectivity index is 2.21. The van der Waals surface area contributed by atoms with E-state index in [1.165, 1.54) is 0 Å². The first kappa shape index (κ1) is 15.4. The molecule has 6 heteroatoms. The van der Waals surface area contributed by atoms with Gasteiger partial charge >= 0.3 is 0 Å². The zero-order valence-electron chi connectivity index (χ0n) is 12.9. The van der Waals surface area contributed by atoms with Crippen LogP contribution in [0.1, 0.15) is 48.8 Å². The Bertz CT molecular complexity index is 632. The Morgan fingerprint density at radius 2 is 2.19 bits per heavy atom. The number of rotatable bonds is 6. The van der Waals surface area contributed by atoms with Crippen molar-refractivity contribution in [3.05, 3.63) is 23.5 Å². The third-order valence-corrected chi connectivity index (χ3v) is 3.41. The van der Waals surface area contributed by atoms with E-state index in [0.29, 0.717) is 18.7 Å². The Labute approximate surface area is 124 Å². The molecule has 2 aromatic heterocycles. The van der Waals surface area contributed by atoms with Crippen molar-refractivity contribution in [2.75, 3.05) is 13.1 Å². The summed E-state index contributed by atoms with van der Waals surface area (Å²) in [7, 11) is 0. The molecular weight excluding hydrogens is 266 g/mol. The van der Waals surface area contributed by atoms with Gasteiger partial charge in [0.2, 0.25) is 0 Å². The lowest BCUT2D eigenvalue weighted by Gasteiger charge is -2.09. The molecule has 1 amide bonds. The van der Waals surface area contributed by atoms with Crippen LogP contribution in [0.5, 0.6) is 0 Å². The number of hydrogen-bond acceptors (Lipinski definition) is 4. The predicted octanol–water partition coefficient (Wildman–Crippen LogP) is 1.79. The van der Waals surface area contributed by atoms with Crippen LogP contribution in [0, 0.1) is 6.92 Å². The van der Waals surface area contributed by atoms with Gasteiger partial charge in [-0.05, 0) is 46.2 Å². The first-order valence-electron chi connectivity index (χ1n) is 7.37. The minimum atomic E-state index is -0.0868. The molecule has 0 saturated carbocycles. The maximum atomic E-state index is 12.2. The lowest BCUT2D eigenvalue weighted by molar-refractivity contribution is 0.0952. The van der Waals surface area contributed by atoms with Gasteiger partial charge in [-0.15, -0.1) is 0 Å². The summed E-state index contributed by atoms with van der Waals surface area (Å²) in [5.41, 5.74) is 7.59. The van der Waals surface area contributed by atoms with Crippen LogP contribution < -0.4 is 11.1 Å². The number of fused-ring (bicyclic) bond motifs is 1. The molecule has 21 heavy (non-hydrogen) atoms. The Morgan fingerprint density at radius 1 is 1.43 bits per heavy atom. The molecule has 2 aromatic rings. The number of nitrogens with zero attached hydrogens (tertiary/aromatic N) is 3. The van der Waals surface area contributed by atoms with Crippen LogP contribution in [0.15, 0.2) is 12.3 Å². The van der Waals surface area contributed by atoms with E-state index in [2.05, 4.69) is 29.2 Å². The molecular formula is C15H23N5O. The van der Waals surface area contributed by atoms with Gasteiger partial charge in [0, 0.05) is 18.0 Å². The fraction of sp³-hybridized carbons (Fsp3) is 0.533. The minimum absolute atomic E-state index is 0.0868. The number of carbonyl (C=O) groups is 1. The largest absolute Gasteiger partial charge is 0.352 e. The molecule has 0 radical (unpaired) electrons. The highest BCUT2D eigenvalue weighted by atomic mass is 16.1. The Morgan fingerprint density at radius 3 is 2.86 bits per heavy atom. The molecule has 114 valence electrons. The summed E-state index contributed by atoms with van der Waals surface area (Å²) in [4.78, 5) is 16.7. The SMILES string of the molecule is Cc1nc2c(cnn2C(C)C)cc1C(=O)NCCCCN. The lowest BCUT2D eigenvalue weighted by Crippen LogP contribution is -2.26. The zero-order chi connectivity index (χ0) is 15.4. The average Bonchev–Trinajstić information content (AvgIpc) is 2.85. The van der Waals surface area contributed by atoms with Crippen LogP contribution in [0.4, 0.5) is 0 Å². The van der Waals surface area contributed by atoms with Crippen molar-refractivity contribution < 1.29 is 4.79 Å². The number of amides is 1. The molecule has 0 saturated heterocycles. The molecule has 2 rings (SSSR count). The highest BCUT2D eigenvalue weighted by molar-refractivity contribution is 5.98. The first-order chi connectivity index (χ1) is 10.0. The number of unbranched alkanes of at least 4 members (excludes halogenated alkanes) is 1. The number of aromatic nitrogens is 3. The number of hydrogen-bond donors (Lipinski definition) is 2. The number of nitrogens with one attached hydrogen (secondary N) is 1. The van der Waals surface area contributed by atoms with E-state index >= 15 is 0 Å². The average molecular weight is 289 g/mol. The molecule has 0 aliphatic rings. The first-order valence-corrected chi connectivity index (χ1v) is 7.37. The van der Waals surface area contributed by atoms with Crippen LogP contribution >= 0.6 is 0 Å². The van der Waals surface area contributed by atoms with Crippen LogP contribution in [0.3, 0.4) is 0 Å². The standard InChI is InChI=1S/C15H23N5O/c1-10(2)20-14-12(9-18-20)8-13(11(3)19-14)15(21)17-7-5-4-6-16/h8-10H,4-7,16H2,1-3H3,(H,17,21). The molecule has 0 fully saturated rings. The maximum Gasteiger partial charge on any atom is 0.253 e. The number of carbonyl (C=O) groups excluding carboxylic acids is 1. The fourth-order valence-electron chi connectivity index (χ4n) is 2.24. The van der Waals surface area contributed by atoms with Gasteiger partial charge in [-0.3, -0.25) is 4.79 Å². The van der Waals surface area contributed by atoms with E-state index in [1.54, 1.807) is 6.20 Å². The van der Waals surface area contributed by atoms with Crippen molar-refractivity contribution >= 4 is 16.9 Å². The van der Waals surface area contributed by atoms with Gasteiger partial charge in [0.25, 0.3) is 5.91 Å². The van der Waals surface area contributed by atoms with E-state index in [0.717, 1.165) is 29.6 Å². The monoisotopic (exact) mass is 289 g/mol. The normalized spacial score (nSPS) is 11.3. The Hall–Kier alpha value is -1.95. The van der Waals surface area contributed by atoms with Crippen LogP contribution in [-0.2, 0) is 0 Å². The third kappa shape index (κ3) is 3.39. The molecule has 0 aliphatic heterocycles. The molecule has 0 aliphatic carbocycles.